The Balaban J connectivity index is 1.51. The zero-order valence-corrected chi connectivity index (χ0v) is 24.6. The number of rotatable bonds is 13. The number of benzene rings is 2. The number of sulfonamides is 1. The van der Waals surface area contributed by atoms with Crippen LogP contribution in [0.15, 0.2) is 59.5 Å². The fourth-order valence-corrected chi connectivity index (χ4v) is 7.03. The normalized spacial score (nSPS) is 23.8. The average Bonchev–Trinajstić information content (AvgIpc) is 3.53. The van der Waals surface area contributed by atoms with E-state index in [1.807, 2.05) is 44.2 Å². The first-order valence-corrected chi connectivity index (χ1v) is 15.3. The van der Waals surface area contributed by atoms with Crippen molar-refractivity contribution in [3.8, 4) is 5.75 Å². The molecule has 226 valence electrons. The molecule has 2 aliphatic rings. The first-order valence-electron chi connectivity index (χ1n) is 13.9. The lowest BCUT2D eigenvalue weighted by molar-refractivity contribution is -0.187. The average molecular weight is 592 g/mol. The monoisotopic (exact) mass is 591 g/mol. The first kappa shape index (κ1) is 31.2. The van der Waals surface area contributed by atoms with Crippen LogP contribution in [0.1, 0.15) is 25.8 Å². The molecular weight excluding hydrogens is 550 g/mol. The Kier molecular flexibility index (Phi) is 10.3. The molecule has 4 N–H and O–H groups in total. The summed E-state index contributed by atoms with van der Waals surface area (Å²) in [5.41, 5.74) is 6.74. The SMILES string of the molecule is COc1ccc(S(=O)(=O)N(CC(C)C)C[C@@H](O)[C@H](Cc2ccccc2)NC(=O)O[C@H]2CO[C@@]3(CN)OCC[C@@H]23)cc1. The van der Waals surface area contributed by atoms with Crippen LogP contribution in [0.2, 0.25) is 0 Å². The van der Waals surface area contributed by atoms with E-state index in [2.05, 4.69) is 5.32 Å². The Bertz CT molecular complexity index is 1240. The summed E-state index contributed by atoms with van der Waals surface area (Å²) < 4.78 is 50.9. The van der Waals surface area contributed by atoms with Gasteiger partial charge in [-0.1, -0.05) is 44.2 Å². The molecule has 12 heteroatoms. The molecule has 2 aromatic carbocycles. The highest BCUT2D eigenvalue weighted by atomic mass is 32.2. The second-order valence-electron chi connectivity index (χ2n) is 10.9. The Labute approximate surface area is 242 Å². The summed E-state index contributed by atoms with van der Waals surface area (Å²) in [4.78, 5) is 13.2. The van der Waals surface area contributed by atoms with Gasteiger partial charge in [0.05, 0.1) is 43.3 Å². The van der Waals surface area contributed by atoms with Gasteiger partial charge in [-0.25, -0.2) is 13.2 Å². The van der Waals surface area contributed by atoms with Crippen molar-refractivity contribution in [1.82, 2.24) is 9.62 Å². The minimum absolute atomic E-state index is 0.0143. The summed E-state index contributed by atoms with van der Waals surface area (Å²) in [6, 6.07) is 14.6. The maximum atomic E-state index is 13.6. The van der Waals surface area contributed by atoms with E-state index in [-0.39, 0.29) is 49.4 Å². The van der Waals surface area contributed by atoms with E-state index in [9.17, 15) is 18.3 Å². The van der Waals surface area contributed by atoms with Crippen molar-refractivity contribution in [3.05, 3.63) is 60.2 Å². The number of aliphatic hydroxyl groups excluding tert-OH is 1. The zero-order chi connectivity index (χ0) is 29.6. The topological polar surface area (TPSA) is 150 Å². The van der Waals surface area contributed by atoms with Crippen LogP contribution in [0, 0.1) is 11.8 Å². The summed E-state index contributed by atoms with van der Waals surface area (Å²) in [5.74, 6) is -0.613. The third kappa shape index (κ3) is 7.37. The number of hydrogen-bond acceptors (Lipinski definition) is 9. The van der Waals surface area contributed by atoms with Crippen molar-refractivity contribution < 1.29 is 37.3 Å². The Morgan fingerprint density at radius 3 is 2.49 bits per heavy atom. The van der Waals surface area contributed by atoms with Crippen LogP contribution in [0.5, 0.6) is 5.75 Å². The number of alkyl carbamates (subject to hydrolysis) is 1. The van der Waals surface area contributed by atoms with E-state index in [0.717, 1.165) is 5.56 Å². The number of hydrogen-bond donors (Lipinski definition) is 3. The molecule has 2 heterocycles. The van der Waals surface area contributed by atoms with E-state index < -0.39 is 40.2 Å². The van der Waals surface area contributed by atoms with Crippen molar-refractivity contribution >= 4 is 16.1 Å². The molecule has 0 unspecified atom stereocenters. The zero-order valence-electron chi connectivity index (χ0n) is 23.8. The number of methoxy groups -OCH3 is 1. The molecule has 0 aromatic heterocycles. The van der Waals surface area contributed by atoms with Crippen LogP contribution in [0.4, 0.5) is 4.79 Å². The largest absolute Gasteiger partial charge is 0.497 e. The second-order valence-corrected chi connectivity index (χ2v) is 12.9. The number of nitrogens with zero attached hydrogens (tertiary/aromatic N) is 1. The van der Waals surface area contributed by atoms with Gasteiger partial charge in [0.25, 0.3) is 0 Å². The van der Waals surface area contributed by atoms with E-state index >= 15 is 0 Å². The van der Waals surface area contributed by atoms with Gasteiger partial charge in [-0.2, -0.15) is 4.31 Å². The molecule has 0 radical (unpaired) electrons. The van der Waals surface area contributed by atoms with Crippen LogP contribution in [-0.4, -0.2) is 87.9 Å². The number of aliphatic hydroxyl groups is 1. The lowest BCUT2D eigenvalue weighted by Gasteiger charge is -2.31. The van der Waals surface area contributed by atoms with Gasteiger partial charge in [-0.05, 0) is 48.6 Å². The van der Waals surface area contributed by atoms with Gasteiger partial charge in [-0.15, -0.1) is 0 Å². The highest BCUT2D eigenvalue weighted by Crippen LogP contribution is 2.41. The molecule has 1 amide bonds. The molecule has 0 aliphatic carbocycles. The highest BCUT2D eigenvalue weighted by Gasteiger charge is 2.55. The Morgan fingerprint density at radius 1 is 1.15 bits per heavy atom. The first-order chi connectivity index (χ1) is 19.6. The molecule has 11 nitrogen and oxygen atoms in total. The molecule has 0 saturated carbocycles. The number of amides is 1. The van der Waals surface area contributed by atoms with Crippen molar-refractivity contribution in [1.29, 1.82) is 0 Å². The molecule has 2 saturated heterocycles. The quantitative estimate of drug-likeness (QED) is 0.318. The number of nitrogens with two attached hydrogens (primary N) is 1. The van der Waals surface area contributed by atoms with Crippen LogP contribution in [0.25, 0.3) is 0 Å². The number of carbonyl (C=O) groups is 1. The third-order valence-electron chi connectivity index (χ3n) is 7.55. The molecular formula is C29H41N3O8S. The summed E-state index contributed by atoms with van der Waals surface area (Å²) in [5, 5.41) is 14.2. The predicted octanol–water partition coefficient (Wildman–Crippen LogP) is 2.13. The van der Waals surface area contributed by atoms with Gasteiger partial charge >= 0.3 is 6.09 Å². The van der Waals surface area contributed by atoms with Crippen LogP contribution < -0.4 is 15.8 Å². The minimum Gasteiger partial charge on any atom is -0.497 e. The van der Waals surface area contributed by atoms with Crippen LogP contribution in [-0.2, 0) is 30.7 Å². The van der Waals surface area contributed by atoms with Gasteiger partial charge < -0.3 is 35.1 Å². The van der Waals surface area contributed by atoms with Crippen molar-refractivity contribution in [2.45, 2.75) is 55.6 Å². The predicted molar refractivity (Wildman–Crippen MR) is 152 cm³/mol. The maximum absolute atomic E-state index is 13.6. The molecule has 5 atom stereocenters. The minimum atomic E-state index is -3.96. The van der Waals surface area contributed by atoms with E-state index in [1.165, 1.54) is 23.5 Å². The summed E-state index contributed by atoms with van der Waals surface area (Å²) >= 11 is 0. The van der Waals surface area contributed by atoms with Gasteiger partial charge in [-0.3, -0.25) is 0 Å². The fourth-order valence-electron chi connectivity index (χ4n) is 5.41. The summed E-state index contributed by atoms with van der Waals surface area (Å²) in [6.07, 6.45) is -1.61. The molecule has 2 fully saturated rings. The van der Waals surface area contributed by atoms with Gasteiger partial charge in [0.1, 0.15) is 11.9 Å². The highest BCUT2D eigenvalue weighted by molar-refractivity contribution is 7.89. The molecule has 0 bridgehead atoms. The molecule has 2 aromatic rings. The van der Waals surface area contributed by atoms with Crippen molar-refractivity contribution in [2.24, 2.45) is 17.6 Å². The molecule has 41 heavy (non-hydrogen) atoms. The maximum Gasteiger partial charge on any atom is 0.407 e. The van der Waals surface area contributed by atoms with Gasteiger partial charge in [0, 0.05) is 19.6 Å². The lowest BCUT2D eigenvalue weighted by atomic mass is 9.95. The second kappa shape index (κ2) is 13.5. The summed E-state index contributed by atoms with van der Waals surface area (Å²) in [7, 11) is -2.45. The molecule has 0 spiro atoms. The van der Waals surface area contributed by atoms with E-state index in [0.29, 0.717) is 18.8 Å². The van der Waals surface area contributed by atoms with Crippen molar-refractivity contribution in [3.63, 3.8) is 0 Å². The molecule has 2 aliphatic heterocycles. The van der Waals surface area contributed by atoms with E-state index in [1.54, 1.807) is 12.1 Å². The van der Waals surface area contributed by atoms with Crippen LogP contribution in [0.3, 0.4) is 0 Å². The number of nitrogens with one attached hydrogen (secondary N) is 1. The fraction of sp³-hybridized carbons (Fsp3) is 0.552. The van der Waals surface area contributed by atoms with Gasteiger partial charge in [0.15, 0.2) is 5.79 Å². The number of carbonyl (C=O) groups excluding carboxylic acids is 1. The third-order valence-corrected chi connectivity index (χ3v) is 9.39. The Hall–Kier alpha value is -2.74. The standard InChI is InChI=1S/C29H41N3O8S/c1-20(2)16-32(41(35,36)23-11-9-22(37-3)10-12-23)17-26(33)25(15-21-7-5-4-6-8-21)31-28(34)40-27-18-39-29(19-30)24(27)13-14-38-29/h4-12,20,24-27,33H,13-19,30H2,1-3H3,(H,31,34)/t24-,25-,26+,27-,29+/m0/s1. The van der Waals surface area contributed by atoms with E-state index in [4.69, 9.17) is 24.7 Å². The lowest BCUT2D eigenvalue weighted by Crippen LogP contribution is -2.52. The smallest absolute Gasteiger partial charge is 0.407 e. The van der Waals surface area contributed by atoms with Crippen molar-refractivity contribution in [2.75, 3.05) is 40.0 Å². The number of ether oxygens (including phenoxy) is 4. The Morgan fingerprint density at radius 2 is 1.85 bits per heavy atom. The van der Waals surface area contributed by atoms with Gasteiger partial charge in [0.2, 0.25) is 10.0 Å². The van der Waals surface area contributed by atoms with Crippen LogP contribution >= 0.6 is 0 Å². The summed E-state index contributed by atoms with van der Waals surface area (Å²) in [6.45, 7) is 4.52. The number of fused-ring (bicyclic) bond motifs is 1. The molecule has 4 rings (SSSR count).